The van der Waals surface area contributed by atoms with E-state index >= 15 is 0 Å². The first-order valence-electron chi connectivity index (χ1n) is 6.23. The van der Waals surface area contributed by atoms with Crippen molar-refractivity contribution >= 4 is 21.7 Å². The second-order valence-corrected chi connectivity index (χ2v) is 6.08. The monoisotopic (exact) mass is 327 g/mol. The van der Waals surface area contributed by atoms with Gasteiger partial charge in [-0.1, -0.05) is 0 Å². The summed E-state index contributed by atoms with van der Waals surface area (Å²) in [6, 6.07) is 5.31. The topological polar surface area (TPSA) is 49.8 Å². The molecule has 1 aliphatic heterocycles. The van der Waals surface area contributed by atoms with Gasteiger partial charge in [-0.2, -0.15) is 0 Å². The molecule has 5 heteroatoms. The fourth-order valence-electron chi connectivity index (χ4n) is 2.31. The summed E-state index contributed by atoms with van der Waals surface area (Å²) >= 11 is 3.38. The Morgan fingerprint density at radius 3 is 2.84 bits per heavy atom. The third-order valence-corrected chi connectivity index (χ3v) is 3.99. The van der Waals surface area contributed by atoms with Crippen LogP contribution in [0.5, 0.6) is 5.75 Å². The molecule has 1 saturated heterocycles. The van der Waals surface area contributed by atoms with Crippen molar-refractivity contribution in [2.45, 2.75) is 18.9 Å². The van der Waals surface area contributed by atoms with Crippen molar-refractivity contribution in [3.63, 3.8) is 0 Å². The zero-order chi connectivity index (χ0) is 14.0. The minimum atomic E-state index is -0.666. The lowest BCUT2D eigenvalue weighted by atomic mass is 10.1. The van der Waals surface area contributed by atoms with Crippen LogP contribution in [0.15, 0.2) is 22.7 Å². The average molecular weight is 328 g/mol. The number of ether oxygens (including phenoxy) is 1. The summed E-state index contributed by atoms with van der Waals surface area (Å²) in [6.45, 7) is 3.46. The van der Waals surface area contributed by atoms with Gasteiger partial charge in [0.05, 0.1) is 23.7 Å². The zero-order valence-corrected chi connectivity index (χ0v) is 12.7. The second-order valence-electron chi connectivity index (χ2n) is 5.23. The van der Waals surface area contributed by atoms with E-state index < -0.39 is 5.60 Å². The van der Waals surface area contributed by atoms with Gasteiger partial charge < -0.3 is 9.84 Å². The fourth-order valence-corrected chi connectivity index (χ4v) is 2.85. The van der Waals surface area contributed by atoms with Crippen LogP contribution in [-0.4, -0.2) is 48.1 Å². The van der Waals surface area contributed by atoms with Gasteiger partial charge in [0.1, 0.15) is 5.75 Å². The first-order valence-corrected chi connectivity index (χ1v) is 7.02. The SMILES string of the molecule is COc1ccc(C(=O)CN2CCC(C)(O)C2)cc1Br. The molecule has 2 rings (SSSR count). The van der Waals surface area contributed by atoms with Crippen LogP contribution in [0.1, 0.15) is 23.7 Å². The lowest BCUT2D eigenvalue weighted by Gasteiger charge is -2.18. The van der Waals surface area contributed by atoms with Crippen molar-refractivity contribution in [2.24, 2.45) is 0 Å². The predicted octanol–water partition coefficient (Wildman–Crippen LogP) is 2.10. The number of carbonyl (C=O) groups is 1. The molecule has 0 amide bonds. The highest BCUT2D eigenvalue weighted by atomic mass is 79.9. The molecule has 0 aliphatic carbocycles. The molecular weight excluding hydrogens is 310 g/mol. The molecule has 0 bridgehead atoms. The van der Waals surface area contributed by atoms with E-state index in [4.69, 9.17) is 4.74 Å². The molecule has 1 unspecified atom stereocenters. The van der Waals surface area contributed by atoms with Crippen molar-refractivity contribution in [2.75, 3.05) is 26.7 Å². The Morgan fingerprint density at radius 2 is 2.32 bits per heavy atom. The molecule has 0 saturated carbocycles. The van der Waals surface area contributed by atoms with Gasteiger partial charge in [-0.3, -0.25) is 9.69 Å². The Labute approximate surface area is 121 Å². The number of methoxy groups -OCH3 is 1. The minimum Gasteiger partial charge on any atom is -0.496 e. The molecule has 1 aromatic rings. The largest absolute Gasteiger partial charge is 0.496 e. The maximum Gasteiger partial charge on any atom is 0.176 e. The Hall–Kier alpha value is -0.910. The van der Waals surface area contributed by atoms with Gasteiger partial charge in [-0.15, -0.1) is 0 Å². The first-order chi connectivity index (χ1) is 8.91. The van der Waals surface area contributed by atoms with E-state index in [9.17, 15) is 9.90 Å². The highest BCUT2D eigenvalue weighted by molar-refractivity contribution is 9.10. The highest BCUT2D eigenvalue weighted by Crippen LogP contribution is 2.26. The number of hydrogen-bond donors (Lipinski definition) is 1. The smallest absolute Gasteiger partial charge is 0.176 e. The summed E-state index contributed by atoms with van der Waals surface area (Å²) in [7, 11) is 1.59. The van der Waals surface area contributed by atoms with Crippen LogP contribution in [0.25, 0.3) is 0 Å². The normalized spacial score (nSPS) is 23.6. The summed E-state index contributed by atoms with van der Waals surface area (Å²) in [5.74, 6) is 0.765. The predicted molar refractivity (Wildman–Crippen MR) is 76.7 cm³/mol. The Morgan fingerprint density at radius 1 is 1.58 bits per heavy atom. The first kappa shape index (κ1) is 14.5. The van der Waals surface area contributed by atoms with Gasteiger partial charge in [0.25, 0.3) is 0 Å². The van der Waals surface area contributed by atoms with E-state index in [1.165, 1.54) is 0 Å². The molecule has 4 nitrogen and oxygen atoms in total. The number of halogens is 1. The van der Waals surface area contributed by atoms with Gasteiger partial charge >= 0.3 is 0 Å². The molecule has 1 aliphatic rings. The number of nitrogens with zero attached hydrogens (tertiary/aromatic N) is 1. The average Bonchev–Trinajstić information content (AvgIpc) is 2.68. The van der Waals surface area contributed by atoms with E-state index in [-0.39, 0.29) is 5.78 Å². The third-order valence-electron chi connectivity index (χ3n) is 3.37. The van der Waals surface area contributed by atoms with Crippen LogP contribution >= 0.6 is 15.9 Å². The Balaban J connectivity index is 2.02. The van der Waals surface area contributed by atoms with E-state index in [0.29, 0.717) is 30.8 Å². The van der Waals surface area contributed by atoms with Crippen molar-refractivity contribution in [3.8, 4) is 5.75 Å². The summed E-state index contributed by atoms with van der Waals surface area (Å²) in [6.07, 6.45) is 0.715. The van der Waals surface area contributed by atoms with Crippen molar-refractivity contribution < 1.29 is 14.6 Å². The number of Topliss-reactive ketones (excluding diaryl/α,β-unsaturated/α-hetero) is 1. The summed E-state index contributed by atoms with van der Waals surface area (Å²) in [4.78, 5) is 14.2. The Kier molecular flexibility index (Phi) is 4.28. The number of aliphatic hydroxyl groups is 1. The van der Waals surface area contributed by atoms with Crippen LogP contribution < -0.4 is 4.74 Å². The molecule has 0 spiro atoms. The van der Waals surface area contributed by atoms with Gasteiger partial charge in [-0.05, 0) is 47.5 Å². The molecule has 104 valence electrons. The highest BCUT2D eigenvalue weighted by Gasteiger charge is 2.32. The number of hydrogen-bond acceptors (Lipinski definition) is 4. The summed E-state index contributed by atoms with van der Waals surface area (Å²) in [5, 5.41) is 9.88. The number of carbonyl (C=O) groups excluding carboxylic acids is 1. The van der Waals surface area contributed by atoms with E-state index in [2.05, 4.69) is 15.9 Å². The van der Waals surface area contributed by atoms with Crippen molar-refractivity contribution in [1.82, 2.24) is 4.90 Å². The third kappa shape index (κ3) is 3.55. The molecule has 19 heavy (non-hydrogen) atoms. The second kappa shape index (κ2) is 5.61. The minimum absolute atomic E-state index is 0.0565. The van der Waals surface area contributed by atoms with Crippen LogP contribution in [0.4, 0.5) is 0 Å². The molecule has 1 atom stereocenters. The zero-order valence-electron chi connectivity index (χ0n) is 11.1. The van der Waals surface area contributed by atoms with E-state index in [1.54, 1.807) is 32.2 Å². The van der Waals surface area contributed by atoms with Crippen LogP contribution in [0.2, 0.25) is 0 Å². The lowest BCUT2D eigenvalue weighted by molar-refractivity contribution is 0.0669. The molecule has 0 radical (unpaired) electrons. The van der Waals surface area contributed by atoms with E-state index in [1.807, 2.05) is 4.90 Å². The number of likely N-dealkylation sites (tertiary alicyclic amines) is 1. The van der Waals surface area contributed by atoms with Gasteiger partial charge in [-0.25, -0.2) is 0 Å². The quantitative estimate of drug-likeness (QED) is 0.860. The lowest BCUT2D eigenvalue weighted by Crippen LogP contribution is -2.33. The maximum absolute atomic E-state index is 12.2. The van der Waals surface area contributed by atoms with Gasteiger partial charge in [0.2, 0.25) is 0 Å². The maximum atomic E-state index is 12.2. The molecule has 1 aromatic carbocycles. The molecule has 0 aromatic heterocycles. The van der Waals surface area contributed by atoms with Crippen molar-refractivity contribution in [3.05, 3.63) is 28.2 Å². The number of β-amino-alcohol motifs (C(OH)–C–C–N with tert-alkyl or cyclic N) is 1. The van der Waals surface area contributed by atoms with E-state index in [0.717, 1.165) is 11.0 Å². The molecular formula is C14H18BrNO3. The molecule has 1 fully saturated rings. The number of rotatable bonds is 4. The fraction of sp³-hybridized carbons (Fsp3) is 0.500. The van der Waals surface area contributed by atoms with Crippen molar-refractivity contribution in [1.29, 1.82) is 0 Å². The number of ketones is 1. The summed E-state index contributed by atoms with van der Waals surface area (Å²) in [5.41, 5.74) is -0.0138. The molecule has 1 heterocycles. The van der Waals surface area contributed by atoms with Crippen LogP contribution in [0.3, 0.4) is 0 Å². The molecule has 1 N–H and O–H groups in total. The van der Waals surface area contributed by atoms with Gasteiger partial charge in [0, 0.05) is 18.7 Å². The Bertz CT molecular complexity index is 488. The van der Waals surface area contributed by atoms with Crippen LogP contribution in [-0.2, 0) is 0 Å². The standard InChI is InChI=1S/C14H18BrNO3/c1-14(18)5-6-16(9-14)8-12(17)10-3-4-13(19-2)11(15)7-10/h3-4,7,18H,5-6,8-9H2,1-2H3. The number of benzene rings is 1. The summed E-state index contributed by atoms with van der Waals surface area (Å²) < 4.78 is 5.91. The van der Waals surface area contributed by atoms with Gasteiger partial charge in [0.15, 0.2) is 5.78 Å². The van der Waals surface area contributed by atoms with Crippen LogP contribution in [0, 0.1) is 0 Å².